The molecule has 8 nitrogen and oxygen atoms in total. The molecule has 2 aromatic rings. The Balaban J connectivity index is 1.32. The highest BCUT2D eigenvalue weighted by Gasteiger charge is 2.33. The minimum Gasteiger partial charge on any atom is -0.466 e. The van der Waals surface area contributed by atoms with Crippen LogP contribution in [0.5, 0.6) is 11.6 Å². The lowest BCUT2D eigenvalue weighted by molar-refractivity contribution is -0.151. The van der Waals surface area contributed by atoms with Crippen LogP contribution in [0.3, 0.4) is 0 Å². The fraction of sp³-hybridized carbons (Fsp3) is 0.520. The number of nitrogens with zero attached hydrogens (tertiary/aromatic N) is 4. The lowest BCUT2D eigenvalue weighted by atomic mass is 9.92. The first-order chi connectivity index (χ1) is 16.0. The molecule has 0 bridgehead atoms. The zero-order valence-corrected chi connectivity index (χ0v) is 19.4. The second-order valence-electron chi connectivity index (χ2n) is 8.72. The Bertz CT molecular complexity index is 966. The van der Waals surface area contributed by atoms with E-state index in [4.69, 9.17) is 9.47 Å². The molecule has 0 unspecified atom stereocenters. The van der Waals surface area contributed by atoms with E-state index in [0.29, 0.717) is 44.2 Å². The molecule has 2 fully saturated rings. The highest BCUT2D eigenvalue weighted by Crippen LogP contribution is 2.32. The largest absolute Gasteiger partial charge is 0.466 e. The van der Waals surface area contributed by atoms with E-state index in [1.165, 1.54) is 0 Å². The molecule has 33 heavy (non-hydrogen) atoms. The van der Waals surface area contributed by atoms with Crippen molar-refractivity contribution < 1.29 is 19.1 Å². The third-order valence-electron chi connectivity index (χ3n) is 6.42. The third kappa shape index (κ3) is 5.61. The van der Waals surface area contributed by atoms with Gasteiger partial charge < -0.3 is 19.3 Å². The van der Waals surface area contributed by atoms with Crippen molar-refractivity contribution >= 4 is 17.7 Å². The van der Waals surface area contributed by atoms with Crippen molar-refractivity contribution in [3.8, 4) is 11.6 Å². The van der Waals surface area contributed by atoms with Crippen LogP contribution in [-0.4, -0.2) is 59.5 Å². The van der Waals surface area contributed by atoms with E-state index < -0.39 is 0 Å². The molecular formula is C25H32N4O4. The Hall–Kier alpha value is -3.16. The maximum Gasteiger partial charge on any atom is 0.309 e. The predicted molar refractivity (Wildman–Crippen MR) is 124 cm³/mol. The number of aryl methyl sites for hydroxylation is 1. The topological polar surface area (TPSA) is 84.9 Å². The zero-order chi connectivity index (χ0) is 23.2. The number of benzene rings is 1. The lowest BCUT2D eigenvalue weighted by Crippen LogP contribution is -2.46. The van der Waals surface area contributed by atoms with Crippen molar-refractivity contribution in [3.63, 3.8) is 0 Å². The number of amides is 1. The maximum atomic E-state index is 13.1. The van der Waals surface area contributed by atoms with Gasteiger partial charge >= 0.3 is 5.97 Å². The van der Waals surface area contributed by atoms with E-state index in [1.54, 1.807) is 12.4 Å². The van der Waals surface area contributed by atoms with Gasteiger partial charge in [-0.15, -0.1) is 0 Å². The molecule has 4 rings (SSSR count). The molecular weight excluding hydrogens is 420 g/mol. The summed E-state index contributed by atoms with van der Waals surface area (Å²) in [5, 5.41) is 0. The number of rotatable bonds is 6. The normalized spacial score (nSPS) is 17.6. The van der Waals surface area contributed by atoms with Crippen LogP contribution in [0.1, 0.15) is 38.2 Å². The summed E-state index contributed by atoms with van der Waals surface area (Å²) in [5.41, 5.74) is 1.11. The number of anilines is 1. The molecule has 0 saturated carbocycles. The molecule has 0 spiro atoms. The van der Waals surface area contributed by atoms with E-state index in [0.717, 1.165) is 37.2 Å². The molecule has 1 aromatic heterocycles. The van der Waals surface area contributed by atoms with Crippen LogP contribution >= 0.6 is 0 Å². The molecule has 0 atom stereocenters. The molecule has 2 aliphatic rings. The van der Waals surface area contributed by atoms with Gasteiger partial charge in [-0.1, -0.05) is 12.1 Å². The Morgan fingerprint density at radius 3 is 2.39 bits per heavy atom. The fourth-order valence-electron chi connectivity index (χ4n) is 4.59. The number of carbonyl (C=O) groups excluding carboxylic acids is 2. The minimum atomic E-state index is -0.134. The standard InChI is InChI=1S/C25H32N4O4/c1-3-32-25(31)20-9-15-29(16-10-20)24(30)19-7-13-28(14-8-19)22-23(27-12-11-26-22)33-21-6-4-5-18(2)17-21/h4-6,11-12,17,19-20H,3,7-10,13-16H2,1-2H3. The van der Waals surface area contributed by atoms with E-state index in [9.17, 15) is 9.59 Å². The van der Waals surface area contributed by atoms with Gasteiger partial charge in [0, 0.05) is 44.5 Å². The highest BCUT2D eigenvalue weighted by atomic mass is 16.5. The molecule has 1 aromatic carbocycles. The van der Waals surface area contributed by atoms with Crippen molar-refractivity contribution in [3.05, 3.63) is 42.2 Å². The minimum absolute atomic E-state index is 0.00166. The number of likely N-dealkylation sites (tertiary alicyclic amines) is 1. The molecule has 0 radical (unpaired) electrons. The molecule has 8 heteroatoms. The average Bonchev–Trinajstić information content (AvgIpc) is 2.84. The van der Waals surface area contributed by atoms with E-state index in [1.807, 2.05) is 43.0 Å². The summed E-state index contributed by atoms with van der Waals surface area (Å²) < 4.78 is 11.2. The van der Waals surface area contributed by atoms with Gasteiger partial charge in [0.25, 0.3) is 5.88 Å². The number of hydrogen-bond acceptors (Lipinski definition) is 7. The van der Waals surface area contributed by atoms with Crippen molar-refractivity contribution in [2.24, 2.45) is 11.8 Å². The smallest absolute Gasteiger partial charge is 0.309 e. The number of hydrogen-bond donors (Lipinski definition) is 0. The zero-order valence-electron chi connectivity index (χ0n) is 19.4. The molecule has 0 aliphatic carbocycles. The van der Waals surface area contributed by atoms with Crippen molar-refractivity contribution in [2.45, 2.75) is 39.5 Å². The maximum absolute atomic E-state index is 13.1. The molecule has 3 heterocycles. The van der Waals surface area contributed by atoms with Gasteiger partial charge in [-0.25, -0.2) is 9.97 Å². The van der Waals surface area contributed by atoms with Gasteiger partial charge in [0.2, 0.25) is 5.91 Å². The summed E-state index contributed by atoms with van der Waals surface area (Å²) in [6.45, 7) is 6.94. The first kappa shape index (κ1) is 23.0. The van der Waals surface area contributed by atoms with Crippen LogP contribution < -0.4 is 9.64 Å². The Morgan fingerprint density at radius 2 is 1.70 bits per heavy atom. The molecule has 1 amide bonds. The highest BCUT2D eigenvalue weighted by molar-refractivity contribution is 5.80. The van der Waals surface area contributed by atoms with Crippen LogP contribution in [0, 0.1) is 18.8 Å². The molecule has 0 N–H and O–H groups in total. The molecule has 2 saturated heterocycles. The monoisotopic (exact) mass is 452 g/mol. The third-order valence-corrected chi connectivity index (χ3v) is 6.42. The fourth-order valence-corrected chi connectivity index (χ4v) is 4.59. The number of aromatic nitrogens is 2. The summed E-state index contributed by atoms with van der Waals surface area (Å²) >= 11 is 0. The van der Waals surface area contributed by atoms with Crippen LogP contribution in [0.15, 0.2) is 36.7 Å². The molecule has 2 aliphatic heterocycles. The van der Waals surface area contributed by atoms with Crippen LogP contribution in [0.2, 0.25) is 0 Å². The van der Waals surface area contributed by atoms with Crippen molar-refractivity contribution in [1.82, 2.24) is 14.9 Å². The van der Waals surface area contributed by atoms with Gasteiger partial charge in [-0.3, -0.25) is 9.59 Å². The van der Waals surface area contributed by atoms with E-state index in [2.05, 4.69) is 14.9 Å². The van der Waals surface area contributed by atoms with Crippen molar-refractivity contribution in [2.75, 3.05) is 37.7 Å². The summed E-state index contributed by atoms with van der Waals surface area (Å²) in [5.74, 6) is 1.90. The van der Waals surface area contributed by atoms with Crippen molar-refractivity contribution in [1.29, 1.82) is 0 Å². The number of carbonyl (C=O) groups is 2. The quantitative estimate of drug-likeness (QED) is 0.619. The Labute approximate surface area is 194 Å². The average molecular weight is 453 g/mol. The Kier molecular flexibility index (Phi) is 7.42. The second kappa shape index (κ2) is 10.6. The SMILES string of the molecule is CCOC(=O)C1CCN(C(=O)C2CCN(c3nccnc3Oc3cccc(C)c3)CC2)CC1. The summed E-state index contributed by atoms with van der Waals surface area (Å²) in [4.78, 5) is 38.0. The number of esters is 1. The van der Waals surface area contributed by atoms with Gasteiger partial charge in [-0.05, 0) is 57.2 Å². The summed E-state index contributed by atoms with van der Waals surface area (Å²) in [6, 6.07) is 7.84. The first-order valence-corrected chi connectivity index (χ1v) is 11.8. The summed E-state index contributed by atoms with van der Waals surface area (Å²) in [7, 11) is 0. The number of piperidine rings is 2. The van der Waals surface area contributed by atoms with E-state index >= 15 is 0 Å². The van der Waals surface area contributed by atoms with E-state index in [-0.39, 0.29) is 23.7 Å². The van der Waals surface area contributed by atoms with Gasteiger partial charge in [0.05, 0.1) is 12.5 Å². The number of ether oxygens (including phenoxy) is 2. The van der Waals surface area contributed by atoms with Gasteiger partial charge in [-0.2, -0.15) is 0 Å². The van der Waals surface area contributed by atoms with Gasteiger partial charge in [0.15, 0.2) is 5.82 Å². The van der Waals surface area contributed by atoms with Crippen LogP contribution in [0.4, 0.5) is 5.82 Å². The lowest BCUT2D eigenvalue weighted by Gasteiger charge is -2.37. The van der Waals surface area contributed by atoms with Crippen LogP contribution in [0.25, 0.3) is 0 Å². The first-order valence-electron chi connectivity index (χ1n) is 11.8. The Morgan fingerprint density at radius 1 is 1.00 bits per heavy atom. The second-order valence-corrected chi connectivity index (χ2v) is 8.72. The van der Waals surface area contributed by atoms with Gasteiger partial charge in [0.1, 0.15) is 5.75 Å². The predicted octanol–water partition coefficient (Wildman–Crippen LogP) is 3.60. The molecule has 176 valence electrons. The van der Waals surface area contributed by atoms with Crippen LogP contribution in [-0.2, 0) is 14.3 Å². The summed E-state index contributed by atoms with van der Waals surface area (Å²) in [6.07, 6.45) is 6.19.